The molecule has 1 N–H and O–H groups in total. The Bertz CT molecular complexity index is 431. The quantitative estimate of drug-likeness (QED) is 0.821. The number of nitrogens with one attached hydrogen (secondary N) is 1. The summed E-state index contributed by atoms with van der Waals surface area (Å²) in [5.41, 5.74) is 0.359. The fourth-order valence-electron chi connectivity index (χ4n) is 1.55. The summed E-state index contributed by atoms with van der Waals surface area (Å²) < 4.78 is 13.3. The molecule has 18 heavy (non-hydrogen) atoms. The molecule has 0 bridgehead atoms. The highest BCUT2D eigenvalue weighted by Gasteiger charge is 2.18. The van der Waals surface area contributed by atoms with E-state index in [1.54, 1.807) is 32.0 Å². The number of carbonyl (C=O) groups excluding carboxylic acids is 2. The smallest absolute Gasteiger partial charge is 0.311 e. The first-order valence-corrected chi connectivity index (χ1v) is 5.90. The molecule has 0 fully saturated rings. The monoisotopic (exact) mass is 252 g/mol. The van der Waals surface area contributed by atoms with Crippen molar-refractivity contribution in [2.45, 2.75) is 20.4 Å². The Morgan fingerprint density at radius 1 is 1.22 bits per heavy atom. The minimum absolute atomic E-state index is 0.0124. The van der Waals surface area contributed by atoms with Gasteiger partial charge in [0.25, 0.3) is 0 Å². The molecule has 0 aromatic heterocycles. The second-order valence-electron chi connectivity index (χ2n) is 3.75. The molecule has 98 valence electrons. The maximum absolute atomic E-state index is 13.3. The van der Waals surface area contributed by atoms with Crippen molar-refractivity contribution >= 4 is 11.8 Å². The molecule has 0 aliphatic heterocycles. The minimum atomic E-state index is -0.707. The molecular formula is C13H17FN2O2. The first-order chi connectivity index (χ1) is 8.60. The van der Waals surface area contributed by atoms with E-state index in [9.17, 15) is 14.0 Å². The van der Waals surface area contributed by atoms with Gasteiger partial charge in [0.15, 0.2) is 0 Å². The number of rotatable bonds is 4. The number of benzene rings is 1. The molecule has 1 aromatic rings. The van der Waals surface area contributed by atoms with Crippen molar-refractivity contribution in [3.63, 3.8) is 0 Å². The first-order valence-electron chi connectivity index (χ1n) is 5.90. The van der Waals surface area contributed by atoms with Crippen LogP contribution in [0, 0.1) is 5.82 Å². The Balaban J connectivity index is 2.56. The van der Waals surface area contributed by atoms with E-state index < -0.39 is 17.6 Å². The summed E-state index contributed by atoms with van der Waals surface area (Å²) in [5.74, 6) is -1.69. The predicted octanol–water partition coefficient (Wildman–Crippen LogP) is 1.31. The number of nitrogens with zero attached hydrogens (tertiary/aromatic N) is 1. The highest BCUT2D eigenvalue weighted by atomic mass is 19.1. The van der Waals surface area contributed by atoms with E-state index >= 15 is 0 Å². The van der Waals surface area contributed by atoms with Crippen LogP contribution >= 0.6 is 0 Å². The lowest BCUT2D eigenvalue weighted by molar-refractivity contribution is -0.145. The van der Waals surface area contributed by atoms with Crippen LogP contribution in [0.1, 0.15) is 19.4 Å². The topological polar surface area (TPSA) is 49.4 Å². The largest absolute Gasteiger partial charge is 0.344 e. The summed E-state index contributed by atoms with van der Waals surface area (Å²) >= 11 is 0. The second kappa shape index (κ2) is 6.74. The van der Waals surface area contributed by atoms with Crippen LogP contribution in [0.15, 0.2) is 24.3 Å². The number of amides is 2. The molecule has 0 unspecified atom stereocenters. The van der Waals surface area contributed by atoms with Crippen molar-refractivity contribution in [3.05, 3.63) is 35.6 Å². The van der Waals surface area contributed by atoms with Crippen LogP contribution in [-0.4, -0.2) is 29.8 Å². The Kier molecular flexibility index (Phi) is 5.30. The fourth-order valence-corrected chi connectivity index (χ4v) is 1.55. The molecule has 0 saturated heterocycles. The van der Waals surface area contributed by atoms with Gasteiger partial charge in [0.2, 0.25) is 0 Å². The van der Waals surface area contributed by atoms with Crippen molar-refractivity contribution in [1.29, 1.82) is 0 Å². The molecule has 1 aromatic carbocycles. The van der Waals surface area contributed by atoms with Gasteiger partial charge in [0, 0.05) is 25.2 Å². The zero-order valence-electron chi connectivity index (χ0n) is 10.6. The average Bonchev–Trinajstić information content (AvgIpc) is 2.38. The van der Waals surface area contributed by atoms with Gasteiger partial charge in [-0.2, -0.15) is 0 Å². The van der Waals surface area contributed by atoms with Gasteiger partial charge in [0.1, 0.15) is 5.82 Å². The van der Waals surface area contributed by atoms with Gasteiger partial charge in [-0.15, -0.1) is 0 Å². The molecule has 0 aliphatic rings. The molecule has 0 aliphatic carbocycles. The molecule has 0 atom stereocenters. The van der Waals surface area contributed by atoms with Gasteiger partial charge in [-0.05, 0) is 19.9 Å². The predicted molar refractivity (Wildman–Crippen MR) is 66.2 cm³/mol. The molecule has 0 spiro atoms. The van der Waals surface area contributed by atoms with Crippen LogP contribution in [0.2, 0.25) is 0 Å². The normalized spacial score (nSPS) is 9.94. The van der Waals surface area contributed by atoms with E-state index in [-0.39, 0.29) is 6.54 Å². The first kappa shape index (κ1) is 14.2. The maximum Gasteiger partial charge on any atom is 0.311 e. The molecule has 0 heterocycles. The van der Waals surface area contributed by atoms with Crippen molar-refractivity contribution in [2.75, 3.05) is 13.1 Å². The second-order valence-corrected chi connectivity index (χ2v) is 3.75. The van der Waals surface area contributed by atoms with E-state index in [1.807, 2.05) is 0 Å². The van der Waals surface area contributed by atoms with Gasteiger partial charge in [-0.1, -0.05) is 18.2 Å². The van der Waals surface area contributed by atoms with Gasteiger partial charge in [-0.25, -0.2) is 4.39 Å². The van der Waals surface area contributed by atoms with E-state index in [2.05, 4.69) is 5.32 Å². The van der Waals surface area contributed by atoms with Crippen LogP contribution in [-0.2, 0) is 16.1 Å². The average molecular weight is 252 g/mol. The molecule has 2 amide bonds. The molecule has 1 rings (SSSR count). The standard InChI is InChI=1S/C13H17FN2O2/c1-3-16(4-2)13(18)12(17)15-9-10-7-5-6-8-11(10)14/h5-8H,3-4,9H2,1-2H3,(H,15,17). The molecule has 0 saturated carbocycles. The summed E-state index contributed by atoms with van der Waals surface area (Å²) in [7, 11) is 0. The Hall–Kier alpha value is -1.91. The summed E-state index contributed by atoms with van der Waals surface area (Å²) in [6.45, 7) is 4.56. The summed E-state index contributed by atoms with van der Waals surface area (Å²) in [6.07, 6.45) is 0. The van der Waals surface area contributed by atoms with Gasteiger partial charge >= 0.3 is 11.8 Å². The summed E-state index contributed by atoms with van der Waals surface area (Å²) in [5, 5.41) is 2.42. The van der Waals surface area contributed by atoms with E-state index in [0.29, 0.717) is 18.7 Å². The van der Waals surface area contributed by atoms with Crippen LogP contribution in [0.25, 0.3) is 0 Å². The van der Waals surface area contributed by atoms with Crippen molar-refractivity contribution in [2.24, 2.45) is 0 Å². The highest BCUT2D eigenvalue weighted by Crippen LogP contribution is 2.05. The Morgan fingerprint density at radius 2 is 1.83 bits per heavy atom. The third-order valence-corrected chi connectivity index (χ3v) is 2.64. The van der Waals surface area contributed by atoms with Crippen LogP contribution in [0.5, 0.6) is 0 Å². The minimum Gasteiger partial charge on any atom is -0.344 e. The van der Waals surface area contributed by atoms with Crippen LogP contribution in [0.4, 0.5) is 4.39 Å². The SMILES string of the molecule is CCN(CC)C(=O)C(=O)NCc1ccccc1F. The number of hydrogen-bond acceptors (Lipinski definition) is 2. The summed E-state index contributed by atoms with van der Waals surface area (Å²) in [4.78, 5) is 24.6. The van der Waals surface area contributed by atoms with Crippen LogP contribution in [0.3, 0.4) is 0 Å². The Morgan fingerprint density at radius 3 is 2.39 bits per heavy atom. The van der Waals surface area contributed by atoms with Gasteiger partial charge in [0.05, 0.1) is 0 Å². The lowest BCUT2D eigenvalue weighted by atomic mass is 10.2. The van der Waals surface area contributed by atoms with E-state index in [4.69, 9.17) is 0 Å². The van der Waals surface area contributed by atoms with Crippen molar-refractivity contribution in [1.82, 2.24) is 10.2 Å². The Labute approximate surface area is 106 Å². The third kappa shape index (κ3) is 3.55. The van der Waals surface area contributed by atoms with E-state index in [1.165, 1.54) is 11.0 Å². The van der Waals surface area contributed by atoms with E-state index in [0.717, 1.165) is 0 Å². The lowest BCUT2D eigenvalue weighted by Gasteiger charge is -2.17. The number of likely N-dealkylation sites (N-methyl/N-ethyl adjacent to an activating group) is 1. The highest BCUT2D eigenvalue weighted by molar-refractivity contribution is 6.34. The molecule has 4 nitrogen and oxygen atoms in total. The van der Waals surface area contributed by atoms with Gasteiger partial charge in [-0.3, -0.25) is 9.59 Å². The number of hydrogen-bond donors (Lipinski definition) is 1. The van der Waals surface area contributed by atoms with Crippen molar-refractivity contribution in [3.8, 4) is 0 Å². The zero-order valence-corrected chi connectivity index (χ0v) is 10.6. The molecule has 5 heteroatoms. The zero-order chi connectivity index (χ0) is 13.5. The number of carbonyl (C=O) groups is 2. The summed E-state index contributed by atoms with van der Waals surface area (Å²) in [6, 6.07) is 6.13. The third-order valence-electron chi connectivity index (χ3n) is 2.64. The van der Waals surface area contributed by atoms with Crippen LogP contribution < -0.4 is 5.32 Å². The number of halogens is 1. The lowest BCUT2D eigenvalue weighted by Crippen LogP contribution is -2.42. The fraction of sp³-hybridized carbons (Fsp3) is 0.385. The van der Waals surface area contributed by atoms with Gasteiger partial charge < -0.3 is 10.2 Å². The molecule has 0 radical (unpaired) electrons. The van der Waals surface area contributed by atoms with Crippen molar-refractivity contribution < 1.29 is 14.0 Å². The maximum atomic E-state index is 13.3. The molecular weight excluding hydrogens is 235 g/mol.